The maximum atomic E-state index is 11.9. The van der Waals surface area contributed by atoms with Gasteiger partial charge in [0.1, 0.15) is 12.1 Å². The fourth-order valence-corrected chi connectivity index (χ4v) is 3.96. The van der Waals surface area contributed by atoms with E-state index in [2.05, 4.69) is 15.3 Å². The van der Waals surface area contributed by atoms with Gasteiger partial charge in [-0.2, -0.15) is 0 Å². The Morgan fingerprint density at radius 1 is 1.32 bits per heavy atom. The quantitative estimate of drug-likeness (QED) is 0.839. The van der Waals surface area contributed by atoms with Crippen LogP contribution in [0.4, 0.5) is 5.82 Å². The monoisotopic (exact) mass is 278 g/mol. The van der Waals surface area contributed by atoms with Crippen LogP contribution in [-0.2, 0) is 16.3 Å². The second-order valence-electron chi connectivity index (χ2n) is 4.44. The molecule has 0 fully saturated rings. The maximum Gasteiger partial charge on any atom is 0.179 e. The van der Waals surface area contributed by atoms with Crippen molar-refractivity contribution in [2.75, 3.05) is 24.2 Å². The van der Waals surface area contributed by atoms with Gasteiger partial charge in [0.2, 0.25) is 0 Å². The van der Waals surface area contributed by atoms with E-state index in [9.17, 15) is 8.42 Å². The molecule has 0 radical (unpaired) electrons. The lowest BCUT2D eigenvalue weighted by atomic mass is 10.1. The Kier molecular flexibility index (Phi) is 2.87. The van der Waals surface area contributed by atoms with Crippen LogP contribution in [0.1, 0.15) is 5.56 Å². The highest BCUT2D eigenvalue weighted by Gasteiger charge is 2.28. The lowest BCUT2D eigenvalue weighted by molar-refractivity contribution is 0.600. The molecule has 7 heteroatoms. The molecule has 2 heterocycles. The lowest BCUT2D eigenvalue weighted by Gasteiger charge is -2.10. The predicted octanol–water partition coefficient (Wildman–Crippen LogP) is 0.330. The number of anilines is 1. The third-order valence-electron chi connectivity index (χ3n) is 3.26. The van der Waals surface area contributed by atoms with Gasteiger partial charge in [0.05, 0.1) is 16.2 Å². The number of rotatable bonds is 3. The molecule has 0 atom stereocenters. The molecule has 6 nitrogen and oxygen atoms in total. The second-order valence-corrected chi connectivity index (χ2v) is 6.52. The number of benzene rings is 1. The summed E-state index contributed by atoms with van der Waals surface area (Å²) in [5.41, 5.74) is 7.05. The Bertz CT molecular complexity index is 743. The summed E-state index contributed by atoms with van der Waals surface area (Å²) in [5.74, 6) is 0.816. The Morgan fingerprint density at radius 3 is 2.95 bits per heavy atom. The minimum Gasteiger partial charge on any atom is -0.368 e. The fraction of sp³-hybridized carbons (Fsp3) is 0.333. The summed E-state index contributed by atoms with van der Waals surface area (Å²) in [7, 11) is -3.14. The van der Waals surface area contributed by atoms with E-state index in [-0.39, 0.29) is 5.75 Å². The van der Waals surface area contributed by atoms with Crippen LogP contribution in [0, 0.1) is 0 Å². The van der Waals surface area contributed by atoms with E-state index in [1.165, 1.54) is 6.33 Å². The van der Waals surface area contributed by atoms with Crippen molar-refractivity contribution < 1.29 is 8.42 Å². The highest BCUT2D eigenvalue weighted by Crippen LogP contribution is 2.34. The van der Waals surface area contributed by atoms with Gasteiger partial charge >= 0.3 is 0 Å². The summed E-state index contributed by atoms with van der Waals surface area (Å²) < 4.78 is 23.9. The van der Waals surface area contributed by atoms with Gasteiger partial charge in [0, 0.05) is 18.5 Å². The molecule has 0 spiro atoms. The Morgan fingerprint density at radius 2 is 2.16 bits per heavy atom. The van der Waals surface area contributed by atoms with Crippen LogP contribution < -0.4 is 11.1 Å². The third-order valence-corrected chi connectivity index (χ3v) is 5.06. The topological polar surface area (TPSA) is 98.0 Å². The van der Waals surface area contributed by atoms with Crippen molar-refractivity contribution in [3.8, 4) is 0 Å². The number of nitrogens with two attached hydrogens (primary N) is 1. The minimum absolute atomic E-state index is 0.159. The average molecular weight is 278 g/mol. The number of nitrogens with one attached hydrogen (secondary N) is 1. The number of hydrogen-bond acceptors (Lipinski definition) is 6. The van der Waals surface area contributed by atoms with Gasteiger partial charge in [0.25, 0.3) is 0 Å². The molecule has 0 unspecified atom stereocenters. The number of hydrogen-bond donors (Lipinski definition) is 2. The van der Waals surface area contributed by atoms with E-state index >= 15 is 0 Å². The van der Waals surface area contributed by atoms with Crippen molar-refractivity contribution in [1.82, 2.24) is 9.97 Å². The zero-order valence-electron chi connectivity index (χ0n) is 10.3. The Hall–Kier alpha value is -1.73. The van der Waals surface area contributed by atoms with Crippen molar-refractivity contribution in [1.29, 1.82) is 0 Å². The Balaban J connectivity index is 2.27. The summed E-state index contributed by atoms with van der Waals surface area (Å²) in [4.78, 5) is 8.80. The van der Waals surface area contributed by atoms with Crippen LogP contribution in [-0.4, -0.2) is 37.2 Å². The van der Waals surface area contributed by atoms with Gasteiger partial charge < -0.3 is 11.1 Å². The molecule has 1 aromatic heterocycles. The van der Waals surface area contributed by atoms with Crippen LogP contribution in [0.3, 0.4) is 0 Å². The normalized spacial score (nSPS) is 16.5. The average Bonchev–Trinajstić information content (AvgIpc) is 2.72. The molecule has 0 bridgehead atoms. The van der Waals surface area contributed by atoms with Gasteiger partial charge in [-0.3, -0.25) is 0 Å². The molecule has 0 amide bonds. The first-order valence-corrected chi connectivity index (χ1v) is 7.72. The molecule has 1 aliphatic heterocycles. The van der Waals surface area contributed by atoms with E-state index in [1.54, 1.807) is 12.1 Å². The van der Waals surface area contributed by atoms with Gasteiger partial charge in [-0.25, -0.2) is 18.4 Å². The molecule has 3 rings (SSSR count). The van der Waals surface area contributed by atoms with Crippen molar-refractivity contribution in [3.05, 3.63) is 24.0 Å². The van der Waals surface area contributed by atoms with Crippen molar-refractivity contribution in [2.24, 2.45) is 5.73 Å². The van der Waals surface area contributed by atoms with Crippen LogP contribution in [0.2, 0.25) is 0 Å². The smallest absolute Gasteiger partial charge is 0.179 e. The van der Waals surface area contributed by atoms with E-state index in [1.807, 2.05) is 0 Å². The standard InChI is InChI=1S/C12H14N4O2S/c13-4-5-14-12-11-8-3-6-19(17,18)10(8)2-1-9(11)15-7-16-12/h1-2,7H,3-6,13H2,(H,14,15,16). The zero-order chi connectivity index (χ0) is 13.5. The molecular formula is C12H14N4O2S. The second kappa shape index (κ2) is 4.43. The molecule has 3 N–H and O–H groups in total. The Labute approximate surface area is 111 Å². The summed E-state index contributed by atoms with van der Waals surface area (Å²) in [5, 5.41) is 3.92. The van der Waals surface area contributed by atoms with Crippen LogP contribution in [0.15, 0.2) is 23.4 Å². The molecule has 19 heavy (non-hydrogen) atoms. The molecule has 1 aromatic carbocycles. The first kappa shape index (κ1) is 12.3. The molecule has 0 aliphatic carbocycles. The minimum atomic E-state index is -3.14. The largest absolute Gasteiger partial charge is 0.368 e. The first-order chi connectivity index (χ1) is 9.13. The zero-order valence-corrected chi connectivity index (χ0v) is 11.1. The van der Waals surface area contributed by atoms with E-state index in [4.69, 9.17) is 5.73 Å². The van der Waals surface area contributed by atoms with Gasteiger partial charge in [0.15, 0.2) is 9.84 Å². The van der Waals surface area contributed by atoms with E-state index < -0.39 is 9.84 Å². The number of sulfone groups is 1. The summed E-state index contributed by atoms with van der Waals surface area (Å²) in [6.07, 6.45) is 1.98. The molecule has 100 valence electrons. The summed E-state index contributed by atoms with van der Waals surface area (Å²) >= 11 is 0. The highest BCUT2D eigenvalue weighted by molar-refractivity contribution is 7.91. The van der Waals surface area contributed by atoms with E-state index in [0.29, 0.717) is 30.2 Å². The molecule has 0 saturated carbocycles. The van der Waals surface area contributed by atoms with Gasteiger partial charge in [-0.05, 0) is 24.1 Å². The van der Waals surface area contributed by atoms with Crippen molar-refractivity contribution in [3.63, 3.8) is 0 Å². The summed E-state index contributed by atoms with van der Waals surface area (Å²) in [6.45, 7) is 1.07. The number of aryl methyl sites for hydroxylation is 1. The third kappa shape index (κ3) is 1.95. The van der Waals surface area contributed by atoms with E-state index in [0.717, 1.165) is 16.5 Å². The maximum absolute atomic E-state index is 11.9. The van der Waals surface area contributed by atoms with Crippen LogP contribution in [0.5, 0.6) is 0 Å². The lowest BCUT2D eigenvalue weighted by Crippen LogP contribution is -2.14. The van der Waals surface area contributed by atoms with Crippen molar-refractivity contribution in [2.45, 2.75) is 11.3 Å². The molecule has 2 aromatic rings. The highest BCUT2D eigenvalue weighted by atomic mass is 32.2. The molecular weight excluding hydrogens is 264 g/mol. The number of aromatic nitrogens is 2. The van der Waals surface area contributed by atoms with Crippen LogP contribution >= 0.6 is 0 Å². The first-order valence-electron chi connectivity index (χ1n) is 6.07. The molecule has 0 saturated heterocycles. The van der Waals surface area contributed by atoms with Crippen molar-refractivity contribution >= 4 is 26.6 Å². The predicted molar refractivity (Wildman–Crippen MR) is 72.8 cm³/mol. The SMILES string of the molecule is NCCNc1ncnc2ccc3c(c12)CCS3(=O)=O. The van der Waals surface area contributed by atoms with Crippen LogP contribution in [0.25, 0.3) is 10.9 Å². The summed E-state index contributed by atoms with van der Waals surface area (Å²) in [6, 6.07) is 3.37. The number of nitrogens with zero attached hydrogens (tertiary/aromatic N) is 2. The van der Waals surface area contributed by atoms with Gasteiger partial charge in [-0.1, -0.05) is 0 Å². The van der Waals surface area contributed by atoms with Gasteiger partial charge in [-0.15, -0.1) is 0 Å². The molecule has 1 aliphatic rings. The number of fused-ring (bicyclic) bond motifs is 3. The fourth-order valence-electron chi connectivity index (χ4n) is 2.41.